The molecule has 0 saturated heterocycles. The second-order valence-corrected chi connectivity index (χ2v) is 20.4. The molecular weight excluding hydrogens is 829 g/mol. The van der Waals surface area contributed by atoms with Gasteiger partial charge >= 0.3 is 0 Å². The van der Waals surface area contributed by atoms with Crippen LogP contribution in [0.1, 0.15) is 112 Å². The third-order valence-electron chi connectivity index (χ3n) is 15.0. The number of anilines is 5. The van der Waals surface area contributed by atoms with E-state index in [1.54, 1.807) is 0 Å². The topological polar surface area (TPSA) is 32.8 Å². The fraction of sp³-hybridized carbons (Fsp3) is 0.219. The normalized spacial score (nSPS) is 15.6. The molecule has 0 amide bonds. The molecule has 4 nitrogen and oxygen atoms in total. The van der Waals surface area contributed by atoms with Crippen molar-refractivity contribution < 1.29 is 8.83 Å². The van der Waals surface area contributed by atoms with E-state index in [0.29, 0.717) is 17.8 Å². The van der Waals surface area contributed by atoms with Crippen molar-refractivity contribution in [2.24, 2.45) is 11.8 Å². The maximum Gasteiger partial charge on any atom is 0.159 e. The first-order valence-corrected chi connectivity index (χ1v) is 24.7. The summed E-state index contributed by atoms with van der Waals surface area (Å²) in [5.41, 5.74) is 18.0. The Morgan fingerprint density at radius 1 is 0.471 bits per heavy atom. The number of benzene rings is 8. The highest BCUT2D eigenvalue weighted by Crippen LogP contribution is 2.56. The average molecular weight is 887 g/mol. The number of rotatable bonds is 10. The lowest BCUT2D eigenvalue weighted by Crippen LogP contribution is -2.28. The van der Waals surface area contributed by atoms with E-state index in [9.17, 15) is 0 Å². The van der Waals surface area contributed by atoms with Gasteiger partial charge in [0.1, 0.15) is 11.2 Å². The summed E-state index contributed by atoms with van der Waals surface area (Å²) in [6.07, 6.45) is 7.54. The second kappa shape index (κ2) is 16.2. The molecule has 2 aromatic heterocycles. The van der Waals surface area contributed by atoms with Gasteiger partial charge < -0.3 is 18.6 Å². The summed E-state index contributed by atoms with van der Waals surface area (Å²) < 4.78 is 13.7. The van der Waals surface area contributed by atoms with Crippen molar-refractivity contribution in [3.05, 3.63) is 197 Å². The zero-order chi connectivity index (χ0) is 46.5. The van der Waals surface area contributed by atoms with Gasteiger partial charge in [-0.15, -0.1) is 0 Å². The van der Waals surface area contributed by atoms with Gasteiger partial charge in [-0.25, -0.2) is 0 Å². The summed E-state index contributed by atoms with van der Waals surface area (Å²) in [5.74, 6) is 1.88. The Morgan fingerprint density at radius 3 is 1.54 bits per heavy atom. The fourth-order valence-corrected chi connectivity index (χ4v) is 11.4. The van der Waals surface area contributed by atoms with Gasteiger partial charge in [-0.2, -0.15) is 0 Å². The predicted octanol–water partition coefficient (Wildman–Crippen LogP) is 19.1. The lowest BCUT2D eigenvalue weighted by atomic mass is 9.68. The van der Waals surface area contributed by atoms with E-state index >= 15 is 0 Å². The molecule has 10 aromatic rings. The molecule has 2 aliphatic carbocycles. The number of fused-ring (bicyclic) bond motifs is 6. The minimum atomic E-state index is 0.185. The summed E-state index contributed by atoms with van der Waals surface area (Å²) in [6.45, 7) is 18.5. The lowest BCUT2D eigenvalue weighted by Gasteiger charge is -2.41. The van der Waals surface area contributed by atoms with Crippen LogP contribution in [0.5, 0.6) is 0 Å². The van der Waals surface area contributed by atoms with Crippen LogP contribution in [-0.4, -0.2) is 0 Å². The maximum absolute atomic E-state index is 6.87. The molecule has 336 valence electrons. The molecule has 0 saturated carbocycles. The number of nitrogens with zero attached hydrogens (tertiary/aromatic N) is 2. The molecule has 0 bridgehead atoms. The van der Waals surface area contributed by atoms with Crippen LogP contribution in [0.25, 0.3) is 66.4 Å². The zero-order valence-corrected chi connectivity index (χ0v) is 40.3. The van der Waals surface area contributed by atoms with Gasteiger partial charge in [0, 0.05) is 50.0 Å². The number of allylic oxidation sites excluding steroid dienone is 2. The van der Waals surface area contributed by atoms with Crippen LogP contribution in [0.3, 0.4) is 0 Å². The monoisotopic (exact) mass is 886 g/mol. The minimum absolute atomic E-state index is 0.185. The minimum Gasteiger partial charge on any atom is -0.454 e. The summed E-state index contributed by atoms with van der Waals surface area (Å²) in [4.78, 5) is 4.97. The number of furan rings is 2. The molecule has 4 heteroatoms. The van der Waals surface area contributed by atoms with Gasteiger partial charge in [0.2, 0.25) is 0 Å². The Bertz CT molecular complexity index is 3650. The third-order valence-corrected chi connectivity index (χ3v) is 15.0. The standard InChI is InChI=1S/C64H58N2O2/c1-37(2)41-23-27-43(28-24-41)65(55-19-13-17-49-45-15-9-11-21-59(45)67-63(49)55)57-35-53(39(5)6)47-32-34-52-58(36-54(40(7)8)48-31-33-51(57)61(47)62(48)52)66(44-29-25-42(26-30-44)38(3)4)56-20-14-18-50-46-16-10-12-22-60(46)68-64(50)56/h9-40,47,53H,1-8H3. The first kappa shape index (κ1) is 42.1. The van der Waals surface area contributed by atoms with Gasteiger partial charge in [-0.05, 0) is 117 Å². The third kappa shape index (κ3) is 6.55. The number of para-hydroxylation sites is 4. The van der Waals surface area contributed by atoms with E-state index in [-0.39, 0.29) is 17.8 Å². The van der Waals surface area contributed by atoms with E-state index in [1.807, 2.05) is 0 Å². The van der Waals surface area contributed by atoms with Gasteiger partial charge in [0.05, 0.1) is 22.8 Å². The van der Waals surface area contributed by atoms with Crippen molar-refractivity contribution in [3.8, 4) is 0 Å². The van der Waals surface area contributed by atoms with E-state index in [0.717, 1.165) is 72.3 Å². The van der Waals surface area contributed by atoms with Gasteiger partial charge in [-0.1, -0.05) is 171 Å². The molecule has 2 aliphatic rings. The lowest BCUT2D eigenvalue weighted by molar-refractivity contribution is 0.426. The predicted molar refractivity (Wildman–Crippen MR) is 289 cm³/mol. The van der Waals surface area contributed by atoms with Gasteiger partial charge in [0.25, 0.3) is 0 Å². The van der Waals surface area contributed by atoms with E-state index in [1.165, 1.54) is 49.9 Å². The number of hydrogen-bond donors (Lipinski definition) is 0. The maximum atomic E-state index is 6.87. The Labute approximate surface area is 399 Å². The van der Waals surface area contributed by atoms with E-state index in [4.69, 9.17) is 8.83 Å². The van der Waals surface area contributed by atoms with Crippen molar-refractivity contribution in [1.82, 2.24) is 0 Å². The van der Waals surface area contributed by atoms with Crippen LogP contribution >= 0.6 is 0 Å². The van der Waals surface area contributed by atoms with Gasteiger partial charge in [0.15, 0.2) is 11.2 Å². The first-order chi connectivity index (χ1) is 33.0. The Morgan fingerprint density at radius 2 is 1.00 bits per heavy atom. The van der Waals surface area contributed by atoms with Crippen molar-refractivity contribution in [3.63, 3.8) is 0 Å². The highest BCUT2D eigenvalue weighted by atomic mass is 16.3. The van der Waals surface area contributed by atoms with Crippen molar-refractivity contribution >= 4 is 94.9 Å². The van der Waals surface area contributed by atoms with Crippen LogP contribution in [0.4, 0.5) is 28.4 Å². The molecular formula is C64H58N2O2. The SMILES string of the molecule is CC(C)c1ccc(N(C2=CC(C(C)C)C3C=Cc4c(N(c5ccc(C(C)C)cc5)c5cccc6c5oc5ccccc56)cc(C(C)C)c5ccc2c3c45)c2cccc3c2oc2ccccc23)cc1. The summed E-state index contributed by atoms with van der Waals surface area (Å²) in [7, 11) is 0. The smallest absolute Gasteiger partial charge is 0.159 e. The molecule has 2 heterocycles. The zero-order valence-electron chi connectivity index (χ0n) is 40.3. The van der Waals surface area contributed by atoms with Gasteiger partial charge in [-0.3, -0.25) is 0 Å². The molecule has 0 spiro atoms. The van der Waals surface area contributed by atoms with Crippen LogP contribution in [0, 0.1) is 11.8 Å². The quantitative estimate of drug-likeness (QED) is 0.137. The van der Waals surface area contributed by atoms with E-state index < -0.39 is 0 Å². The first-order valence-electron chi connectivity index (χ1n) is 24.7. The Hall–Kier alpha value is -7.30. The molecule has 8 aromatic carbocycles. The van der Waals surface area contributed by atoms with Crippen molar-refractivity contribution in [2.75, 3.05) is 9.80 Å². The fourth-order valence-electron chi connectivity index (χ4n) is 11.4. The highest BCUT2D eigenvalue weighted by molar-refractivity contribution is 6.14. The summed E-state index contributed by atoms with van der Waals surface area (Å²) in [6, 6.07) is 55.8. The molecule has 0 radical (unpaired) electrons. The Balaban J connectivity index is 1.15. The average Bonchev–Trinajstić information content (AvgIpc) is 3.93. The molecule has 0 fully saturated rings. The molecule has 0 aliphatic heterocycles. The van der Waals surface area contributed by atoms with Crippen molar-refractivity contribution in [1.29, 1.82) is 0 Å². The molecule has 2 unspecified atom stereocenters. The summed E-state index contributed by atoms with van der Waals surface area (Å²) >= 11 is 0. The molecule has 2 atom stereocenters. The molecule has 0 N–H and O–H groups in total. The largest absolute Gasteiger partial charge is 0.454 e. The van der Waals surface area contributed by atoms with Crippen LogP contribution < -0.4 is 9.80 Å². The van der Waals surface area contributed by atoms with Crippen LogP contribution in [0.2, 0.25) is 0 Å². The van der Waals surface area contributed by atoms with Crippen LogP contribution in [0.15, 0.2) is 173 Å². The molecule has 68 heavy (non-hydrogen) atoms. The van der Waals surface area contributed by atoms with E-state index in [2.05, 4.69) is 235 Å². The summed E-state index contributed by atoms with van der Waals surface area (Å²) in [5, 5.41) is 7.14. The second-order valence-electron chi connectivity index (χ2n) is 20.4. The number of hydrogen-bond acceptors (Lipinski definition) is 4. The Kier molecular flexibility index (Phi) is 10.0. The highest BCUT2D eigenvalue weighted by Gasteiger charge is 2.38. The molecule has 12 rings (SSSR count). The van der Waals surface area contributed by atoms with Crippen LogP contribution in [-0.2, 0) is 0 Å². The van der Waals surface area contributed by atoms with Crippen molar-refractivity contribution in [2.45, 2.75) is 79.1 Å².